The van der Waals surface area contributed by atoms with Crippen LogP contribution in [-0.4, -0.2) is 31.1 Å². The minimum Gasteiger partial charge on any atom is -0.307 e. The summed E-state index contributed by atoms with van der Waals surface area (Å²) >= 11 is 0. The summed E-state index contributed by atoms with van der Waals surface area (Å²) in [7, 11) is 2.23. The molecule has 0 amide bonds. The van der Waals surface area contributed by atoms with Crippen LogP contribution in [0.5, 0.6) is 0 Å². The third-order valence-electron chi connectivity index (χ3n) is 4.33. The van der Waals surface area contributed by atoms with E-state index in [1.165, 1.54) is 49.0 Å². The number of nitrogens with one attached hydrogen (secondary N) is 1. The second-order valence-corrected chi connectivity index (χ2v) is 6.18. The molecule has 1 fully saturated rings. The van der Waals surface area contributed by atoms with Gasteiger partial charge in [-0.1, -0.05) is 23.8 Å². The van der Waals surface area contributed by atoms with Crippen molar-refractivity contribution in [2.75, 3.05) is 20.1 Å². The summed E-state index contributed by atoms with van der Waals surface area (Å²) in [6.45, 7) is 9.15. The second kappa shape index (κ2) is 6.53. The molecule has 19 heavy (non-hydrogen) atoms. The Kier molecular flexibility index (Phi) is 5.00. The molecule has 2 rings (SSSR count). The molecule has 2 unspecified atom stereocenters. The lowest BCUT2D eigenvalue weighted by atomic mass is 9.98. The number of hydrogen-bond acceptors (Lipinski definition) is 2. The average Bonchev–Trinajstić information content (AvgIpc) is 2.54. The molecule has 0 radical (unpaired) electrons. The first-order valence-corrected chi connectivity index (χ1v) is 7.58. The van der Waals surface area contributed by atoms with Crippen LogP contribution in [0.25, 0.3) is 0 Å². The van der Waals surface area contributed by atoms with Gasteiger partial charge in [0.05, 0.1) is 0 Å². The molecule has 1 aliphatic heterocycles. The predicted octanol–water partition coefficient (Wildman–Crippen LogP) is 3.44. The highest BCUT2D eigenvalue weighted by atomic mass is 15.1. The second-order valence-electron chi connectivity index (χ2n) is 6.18. The summed E-state index contributed by atoms with van der Waals surface area (Å²) in [4.78, 5) is 2.45. The van der Waals surface area contributed by atoms with E-state index in [4.69, 9.17) is 0 Å². The smallest absolute Gasteiger partial charge is 0.0296 e. The fourth-order valence-corrected chi connectivity index (χ4v) is 3.16. The Balaban J connectivity index is 1.98. The van der Waals surface area contributed by atoms with Crippen LogP contribution in [-0.2, 0) is 0 Å². The van der Waals surface area contributed by atoms with Crippen molar-refractivity contribution in [2.45, 2.75) is 52.1 Å². The topological polar surface area (TPSA) is 15.3 Å². The van der Waals surface area contributed by atoms with Crippen molar-refractivity contribution in [3.05, 3.63) is 34.9 Å². The van der Waals surface area contributed by atoms with Crippen molar-refractivity contribution in [1.82, 2.24) is 10.2 Å². The van der Waals surface area contributed by atoms with E-state index in [1.54, 1.807) is 0 Å². The van der Waals surface area contributed by atoms with Gasteiger partial charge in [-0.2, -0.15) is 0 Å². The summed E-state index contributed by atoms with van der Waals surface area (Å²) in [6.07, 6.45) is 3.89. The Morgan fingerprint density at radius 3 is 2.74 bits per heavy atom. The van der Waals surface area contributed by atoms with Crippen molar-refractivity contribution in [2.24, 2.45) is 0 Å². The van der Waals surface area contributed by atoms with Gasteiger partial charge in [0.2, 0.25) is 0 Å². The van der Waals surface area contributed by atoms with Crippen molar-refractivity contribution >= 4 is 0 Å². The quantitative estimate of drug-likeness (QED) is 0.895. The molecule has 1 heterocycles. The lowest BCUT2D eigenvalue weighted by molar-refractivity contribution is 0.340. The normalized spacial score (nSPS) is 23.1. The number of nitrogens with zero attached hydrogens (tertiary/aromatic N) is 1. The zero-order chi connectivity index (χ0) is 13.8. The number of likely N-dealkylation sites (tertiary alicyclic amines) is 1. The van der Waals surface area contributed by atoms with E-state index >= 15 is 0 Å². The first kappa shape index (κ1) is 14.5. The van der Waals surface area contributed by atoms with Crippen molar-refractivity contribution in [3.63, 3.8) is 0 Å². The highest BCUT2D eigenvalue weighted by Crippen LogP contribution is 2.21. The maximum Gasteiger partial charge on any atom is 0.0296 e. The molecule has 2 heteroatoms. The van der Waals surface area contributed by atoms with Crippen LogP contribution in [0.1, 0.15) is 48.9 Å². The molecule has 106 valence electrons. The molecule has 2 nitrogen and oxygen atoms in total. The minimum absolute atomic E-state index is 0.453. The highest BCUT2D eigenvalue weighted by molar-refractivity contribution is 5.32. The molecule has 0 bridgehead atoms. The summed E-state index contributed by atoms with van der Waals surface area (Å²) < 4.78 is 0. The minimum atomic E-state index is 0.453. The van der Waals surface area contributed by atoms with Gasteiger partial charge in [0.1, 0.15) is 0 Å². The average molecular weight is 260 g/mol. The predicted molar refractivity (Wildman–Crippen MR) is 82.6 cm³/mol. The van der Waals surface area contributed by atoms with Crippen molar-refractivity contribution < 1.29 is 0 Å². The van der Waals surface area contributed by atoms with E-state index in [0.717, 1.165) is 0 Å². The van der Waals surface area contributed by atoms with Gasteiger partial charge in [0.15, 0.2) is 0 Å². The van der Waals surface area contributed by atoms with Crippen LogP contribution in [0.3, 0.4) is 0 Å². The maximum atomic E-state index is 3.83. The standard InChI is InChI=1S/C17H28N2/c1-13-7-8-17(14(2)12-13)15(3)18-16-6-5-10-19(4)11-9-16/h7-8,12,15-16,18H,5-6,9-11H2,1-4H3. The molecule has 1 saturated heterocycles. The van der Waals surface area contributed by atoms with E-state index in [0.29, 0.717) is 12.1 Å². The Bertz CT molecular complexity index is 414. The van der Waals surface area contributed by atoms with Crippen LogP contribution < -0.4 is 5.32 Å². The Morgan fingerprint density at radius 2 is 2.00 bits per heavy atom. The highest BCUT2D eigenvalue weighted by Gasteiger charge is 2.17. The van der Waals surface area contributed by atoms with Crippen molar-refractivity contribution in [3.8, 4) is 0 Å². The molecule has 0 aromatic heterocycles. The van der Waals surface area contributed by atoms with E-state index in [2.05, 4.69) is 56.2 Å². The zero-order valence-corrected chi connectivity index (χ0v) is 12.9. The monoisotopic (exact) mass is 260 g/mol. The van der Waals surface area contributed by atoms with E-state index in [9.17, 15) is 0 Å². The molecule has 0 saturated carbocycles. The van der Waals surface area contributed by atoms with Crippen LogP contribution in [0, 0.1) is 13.8 Å². The van der Waals surface area contributed by atoms with E-state index in [1.807, 2.05) is 0 Å². The first-order valence-electron chi connectivity index (χ1n) is 7.58. The van der Waals surface area contributed by atoms with Gasteiger partial charge in [-0.25, -0.2) is 0 Å². The third kappa shape index (κ3) is 4.05. The lowest BCUT2D eigenvalue weighted by Gasteiger charge is -2.24. The number of hydrogen-bond donors (Lipinski definition) is 1. The third-order valence-corrected chi connectivity index (χ3v) is 4.33. The molecular weight excluding hydrogens is 232 g/mol. The van der Waals surface area contributed by atoms with Gasteiger partial charge in [0, 0.05) is 12.1 Å². The largest absolute Gasteiger partial charge is 0.307 e. The van der Waals surface area contributed by atoms with Gasteiger partial charge < -0.3 is 10.2 Å². The number of aryl methyl sites for hydroxylation is 2. The summed E-state index contributed by atoms with van der Waals surface area (Å²) in [5.74, 6) is 0. The van der Waals surface area contributed by atoms with Gasteiger partial charge in [-0.15, -0.1) is 0 Å². The zero-order valence-electron chi connectivity index (χ0n) is 12.9. The summed E-state index contributed by atoms with van der Waals surface area (Å²) in [5.41, 5.74) is 4.21. The van der Waals surface area contributed by atoms with Crippen LogP contribution in [0.2, 0.25) is 0 Å². The van der Waals surface area contributed by atoms with Gasteiger partial charge in [-0.3, -0.25) is 0 Å². The fraction of sp³-hybridized carbons (Fsp3) is 0.647. The number of benzene rings is 1. The molecular formula is C17H28N2. The SMILES string of the molecule is Cc1ccc(C(C)NC2CCCN(C)CC2)c(C)c1. The Hall–Kier alpha value is -0.860. The molecule has 1 aromatic carbocycles. The van der Waals surface area contributed by atoms with E-state index < -0.39 is 0 Å². The molecule has 1 N–H and O–H groups in total. The molecule has 1 aromatic rings. The van der Waals surface area contributed by atoms with Gasteiger partial charge in [-0.05, 0) is 71.3 Å². The van der Waals surface area contributed by atoms with E-state index in [-0.39, 0.29) is 0 Å². The number of rotatable bonds is 3. The summed E-state index contributed by atoms with van der Waals surface area (Å²) in [5, 5.41) is 3.83. The molecule has 0 spiro atoms. The first-order chi connectivity index (χ1) is 9.06. The Labute approximate surface area is 118 Å². The van der Waals surface area contributed by atoms with Gasteiger partial charge >= 0.3 is 0 Å². The van der Waals surface area contributed by atoms with Crippen LogP contribution in [0.15, 0.2) is 18.2 Å². The lowest BCUT2D eigenvalue weighted by Crippen LogP contribution is -2.32. The van der Waals surface area contributed by atoms with Gasteiger partial charge in [0.25, 0.3) is 0 Å². The van der Waals surface area contributed by atoms with Crippen molar-refractivity contribution in [1.29, 1.82) is 0 Å². The summed E-state index contributed by atoms with van der Waals surface area (Å²) in [6, 6.07) is 7.91. The maximum absolute atomic E-state index is 3.83. The molecule has 2 atom stereocenters. The molecule has 0 aliphatic carbocycles. The molecule has 1 aliphatic rings. The van der Waals surface area contributed by atoms with Crippen LogP contribution >= 0.6 is 0 Å². The Morgan fingerprint density at radius 1 is 1.21 bits per heavy atom. The fourth-order valence-electron chi connectivity index (χ4n) is 3.16. The van der Waals surface area contributed by atoms with Crippen LogP contribution in [0.4, 0.5) is 0 Å².